The van der Waals surface area contributed by atoms with E-state index < -0.39 is 0 Å². The van der Waals surface area contributed by atoms with E-state index in [9.17, 15) is 9.90 Å². The molecule has 1 heterocycles. The summed E-state index contributed by atoms with van der Waals surface area (Å²) < 4.78 is 11.2. The molecule has 4 nitrogen and oxygen atoms in total. The van der Waals surface area contributed by atoms with Crippen molar-refractivity contribution >= 4 is 39.4 Å². The van der Waals surface area contributed by atoms with Crippen LogP contribution in [0, 0.1) is 0 Å². The monoisotopic (exact) mass is 394 g/mol. The lowest BCUT2D eigenvalue weighted by Gasteiger charge is -2.19. The molecule has 6 heteroatoms. The molecule has 1 N–H and O–H groups in total. The minimum absolute atomic E-state index is 0.0834. The second-order valence-electron chi connectivity index (χ2n) is 4.93. The van der Waals surface area contributed by atoms with Gasteiger partial charge in [-0.1, -0.05) is 17.7 Å². The Labute approximate surface area is 146 Å². The van der Waals surface area contributed by atoms with Crippen molar-refractivity contribution in [2.45, 2.75) is 6.61 Å². The number of para-hydroxylation sites is 1. The van der Waals surface area contributed by atoms with Gasteiger partial charge in [0.2, 0.25) is 0 Å². The number of aromatic hydroxyl groups is 1. The number of fused-ring (bicyclic) bond motifs is 1. The van der Waals surface area contributed by atoms with E-state index in [-0.39, 0.29) is 23.9 Å². The van der Waals surface area contributed by atoms with E-state index in [4.69, 9.17) is 21.1 Å². The molecule has 0 atom stereocenters. The summed E-state index contributed by atoms with van der Waals surface area (Å²) in [5.74, 6) is 0.257. The number of ether oxygens (including phenoxy) is 2. The number of carbonyl (C=O) groups is 1. The van der Waals surface area contributed by atoms with Gasteiger partial charge in [-0.2, -0.15) is 0 Å². The molecule has 0 aliphatic carbocycles. The normalized spacial score (nSPS) is 13.7. The van der Waals surface area contributed by atoms with Gasteiger partial charge in [-0.3, -0.25) is 4.79 Å². The third-order valence-corrected chi connectivity index (χ3v) is 4.23. The van der Waals surface area contributed by atoms with E-state index in [0.717, 1.165) is 5.56 Å². The van der Waals surface area contributed by atoms with Crippen LogP contribution in [0.2, 0.25) is 5.02 Å². The first-order valence-electron chi connectivity index (χ1n) is 6.79. The largest absolute Gasteiger partial charge is 0.506 e. The number of carbonyl (C=O) groups excluding carboxylic acids is 1. The highest BCUT2D eigenvalue weighted by molar-refractivity contribution is 9.10. The predicted molar refractivity (Wildman–Crippen MR) is 90.9 cm³/mol. The molecule has 0 fully saturated rings. The molecule has 0 aromatic heterocycles. The lowest BCUT2D eigenvalue weighted by Crippen LogP contribution is -2.12. The number of allylic oxidation sites excluding steroid dienone is 1. The Morgan fingerprint density at radius 1 is 1.35 bits per heavy atom. The van der Waals surface area contributed by atoms with Crippen LogP contribution in [-0.4, -0.2) is 17.7 Å². The number of benzene rings is 2. The Morgan fingerprint density at radius 3 is 3.00 bits per heavy atom. The van der Waals surface area contributed by atoms with E-state index >= 15 is 0 Å². The van der Waals surface area contributed by atoms with Gasteiger partial charge in [-0.25, -0.2) is 0 Å². The molecule has 0 amide bonds. The van der Waals surface area contributed by atoms with Gasteiger partial charge < -0.3 is 14.6 Å². The zero-order chi connectivity index (χ0) is 16.4. The van der Waals surface area contributed by atoms with Crippen molar-refractivity contribution in [3.8, 4) is 11.5 Å². The van der Waals surface area contributed by atoms with Crippen LogP contribution in [0.15, 0.2) is 40.9 Å². The molecule has 0 bridgehead atoms. The summed E-state index contributed by atoms with van der Waals surface area (Å²) in [6.45, 7) is 0.576. The van der Waals surface area contributed by atoms with E-state index in [2.05, 4.69) is 15.9 Å². The van der Waals surface area contributed by atoms with Crippen LogP contribution >= 0.6 is 27.5 Å². The van der Waals surface area contributed by atoms with Crippen molar-refractivity contribution < 1.29 is 19.4 Å². The summed E-state index contributed by atoms with van der Waals surface area (Å²) in [5.41, 5.74) is 1.75. The highest BCUT2D eigenvalue weighted by Gasteiger charge is 2.16. The summed E-state index contributed by atoms with van der Waals surface area (Å²) in [6.07, 6.45) is 3.00. The van der Waals surface area contributed by atoms with Crippen molar-refractivity contribution in [3.05, 3.63) is 62.6 Å². The van der Waals surface area contributed by atoms with Gasteiger partial charge in [-0.15, -0.1) is 0 Å². The Morgan fingerprint density at radius 2 is 2.17 bits per heavy atom. The summed E-state index contributed by atoms with van der Waals surface area (Å²) >= 11 is 9.28. The van der Waals surface area contributed by atoms with Crippen LogP contribution in [0.3, 0.4) is 0 Å². The van der Waals surface area contributed by atoms with Gasteiger partial charge >= 0.3 is 0 Å². The highest BCUT2D eigenvalue weighted by Crippen LogP contribution is 2.33. The van der Waals surface area contributed by atoms with Gasteiger partial charge in [0.15, 0.2) is 12.6 Å². The number of hydrogen-bond acceptors (Lipinski definition) is 4. The molecule has 2 aromatic rings. The third-order valence-electron chi connectivity index (χ3n) is 3.37. The fourth-order valence-corrected chi connectivity index (χ4v) is 2.92. The van der Waals surface area contributed by atoms with E-state index in [1.165, 1.54) is 6.08 Å². The molecule has 1 aliphatic rings. The standard InChI is InChI=1S/C17H12BrClO4/c18-14-3-1-2-13(16(14)21)15(20)5-4-10-6-12(19)7-11-8-22-9-23-17(10)11/h1-7,21H,8-9H2/b5-4+. The SMILES string of the molecule is O=C(/C=C/c1cc(Cl)cc2c1OCOC2)c1cccc(Br)c1O. The van der Waals surface area contributed by atoms with E-state index in [0.29, 0.717) is 27.4 Å². The minimum atomic E-state index is -0.315. The zero-order valence-electron chi connectivity index (χ0n) is 11.9. The molecule has 0 saturated carbocycles. The van der Waals surface area contributed by atoms with Gasteiger partial charge in [0.1, 0.15) is 11.5 Å². The fourth-order valence-electron chi connectivity index (χ4n) is 2.30. The smallest absolute Gasteiger partial charge is 0.189 e. The second kappa shape index (κ2) is 6.74. The van der Waals surface area contributed by atoms with Gasteiger partial charge in [0.05, 0.1) is 16.6 Å². The molecule has 0 saturated heterocycles. The number of rotatable bonds is 3. The van der Waals surface area contributed by atoms with Crippen molar-refractivity contribution in [2.75, 3.05) is 6.79 Å². The Kier molecular flexibility index (Phi) is 4.71. The molecule has 23 heavy (non-hydrogen) atoms. The number of phenols is 1. The first-order chi connectivity index (χ1) is 11.1. The number of halogens is 2. The lowest BCUT2D eigenvalue weighted by atomic mass is 10.1. The minimum Gasteiger partial charge on any atom is -0.506 e. The van der Waals surface area contributed by atoms with Gasteiger partial charge in [-0.05, 0) is 52.3 Å². The predicted octanol–water partition coefficient (Wildman–Crippen LogP) is 4.57. The van der Waals surface area contributed by atoms with Crippen LogP contribution in [-0.2, 0) is 11.3 Å². The van der Waals surface area contributed by atoms with Gasteiger partial charge in [0.25, 0.3) is 0 Å². The topological polar surface area (TPSA) is 55.8 Å². The summed E-state index contributed by atoms with van der Waals surface area (Å²) in [7, 11) is 0. The van der Waals surface area contributed by atoms with E-state index in [1.54, 1.807) is 36.4 Å². The Bertz CT molecular complexity index is 801. The van der Waals surface area contributed by atoms with Crippen molar-refractivity contribution in [3.63, 3.8) is 0 Å². The molecule has 0 radical (unpaired) electrons. The fraction of sp³-hybridized carbons (Fsp3) is 0.118. The number of hydrogen-bond donors (Lipinski definition) is 1. The van der Waals surface area contributed by atoms with Crippen molar-refractivity contribution in [1.29, 1.82) is 0 Å². The summed E-state index contributed by atoms with van der Waals surface area (Å²) in [6, 6.07) is 8.40. The molecule has 2 aromatic carbocycles. The molecule has 118 valence electrons. The van der Waals surface area contributed by atoms with Crippen LogP contribution in [0.5, 0.6) is 11.5 Å². The summed E-state index contributed by atoms with van der Waals surface area (Å²) in [4.78, 5) is 12.3. The third kappa shape index (κ3) is 3.42. The van der Waals surface area contributed by atoms with Crippen LogP contribution < -0.4 is 4.74 Å². The van der Waals surface area contributed by atoms with Crippen LogP contribution in [0.25, 0.3) is 6.08 Å². The van der Waals surface area contributed by atoms with Gasteiger partial charge in [0, 0.05) is 16.1 Å². The second-order valence-corrected chi connectivity index (χ2v) is 6.22. The maximum Gasteiger partial charge on any atom is 0.189 e. The zero-order valence-corrected chi connectivity index (χ0v) is 14.2. The molecular weight excluding hydrogens is 384 g/mol. The van der Waals surface area contributed by atoms with Crippen molar-refractivity contribution in [2.24, 2.45) is 0 Å². The first-order valence-corrected chi connectivity index (χ1v) is 7.96. The molecule has 3 rings (SSSR count). The molecule has 0 unspecified atom stereocenters. The van der Waals surface area contributed by atoms with Crippen molar-refractivity contribution in [1.82, 2.24) is 0 Å². The maximum atomic E-state index is 12.3. The average Bonchev–Trinajstić information content (AvgIpc) is 2.54. The van der Waals surface area contributed by atoms with E-state index in [1.807, 2.05) is 0 Å². The highest BCUT2D eigenvalue weighted by atomic mass is 79.9. The van der Waals surface area contributed by atoms with Crippen LogP contribution in [0.1, 0.15) is 21.5 Å². The molecular formula is C17H12BrClO4. The molecule has 1 aliphatic heterocycles. The number of ketones is 1. The van der Waals surface area contributed by atoms with Crippen LogP contribution in [0.4, 0.5) is 0 Å². The Balaban J connectivity index is 1.92. The quantitative estimate of drug-likeness (QED) is 0.611. The molecule has 0 spiro atoms. The lowest BCUT2D eigenvalue weighted by molar-refractivity contribution is -0.0165. The first kappa shape index (κ1) is 16.1. The Hall–Kier alpha value is -1.82. The maximum absolute atomic E-state index is 12.3. The average molecular weight is 396 g/mol. The summed E-state index contributed by atoms with van der Waals surface area (Å²) in [5, 5.41) is 10.5. The number of phenolic OH excluding ortho intramolecular Hbond substituents is 1.